The van der Waals surface area contributed by atoms with Gasteiger partial charge in [0.2, 0.25) is 5.91 Å². The number of aromatic hydroxyl groups is 1. The van der Waals surface area contributed by atoms with E-state index in [1.54, 1.807) is 6.07 Å². The van der Waals surface area contributed by atoms with Crippen LogP contribution in [0.25, 0.3) is 0 Å². The molecule has 2 aliphatic heterocycles. The number of hydrogen-bond acceptors (Lipinski definition) is 7. The minimum Gasteiger partial charge on any atom is -0.504 e. The maximum Gasteiger partial charge on any atom is 0.261 e. The van der Waals surface area contributed by atoms with Crippen LogP contribution in [0.2, 0.25) is 0 Å². The molecule has 11 heteroatoms. The predicted molar refractivity (Wildman–Crippen MR) is 147 cm³/mol. The standard InChI is InChI=1S/C30H34FN3O6S/c1-16(2)32-28(36)21-14-30(37)23-13-18-5-10-22(35)26-24(18)29(30,11-12-34(23)15-17-3-4-17)27(40-26)25(21)33-41(38,39)20-8-6-19(31)7-9-20/h5-10,16-17,21,23,33,35,37H,3-4,11-15H2,1-2H3,(H,32,36)/t21?,23-,29+,30-/m1/s1. The molecular formula is C30H34FN3O6S. The van der Waals surface area contributed by atoms with E-state index in [-0.39, 0.29) is 46.4 Å². The summed E-state index contributed by atoms with van der Waals surface area (Å²) in [4.78, 5) is 15.9. The quantitative estimate of drug-likeness (QED) is 0.395. The second-order valence-corrected chi connectivity index (χ2v) is 14.2. The van der Waals surface area contributed by atoms with Crippen molar-refractivity contribution in [3.63, 3.8) is 0 Å². The van der Waals surface area contributed by atoms with Crippen molar-refractivity contribution in [2.45, 2.75) is 73.9 Å². The highest BCUT2D eigenvalue weighted by Gasteiger charge is 2.72. The van der Waals surface area contributed by atoms with Crippen LogP contribution < -0.4 is 14.8 Å². The van der Waals surface area contributed by atoms with Crippen molar-refractivity contribution < 1.29 is 32.6 Å². The number of amides is 1. The van der Waals surface area contributed by atoms with Crippen LogP contribution in [0.15, 0.2) is 52.7 Å². The van der Waals surface area contributed by atoms with E-state index < -0.39 is 38.7 Å². The first-order valence-corrected chi connectivity index (χ1v) is 15.8. The SMILES string of the molecule is CC(C)NC(=O)C1C[C@@]2(O)[C@H]3Cc4ccc(O)c5c4[C@@]2(CCN3CC2CC2)C(=C1NS(=O)(=O)c1ccc(F)cc1)O5. The van der Waals surface area contributed by atoms with Gasteiger partial charge >= 0.3 is 0 Å². The van der Waals surface area contributed by atoms with Gasteiger partial charge in [-0.3, -0.25) is 14.4 Å². The average molecular weight is 584 g/mol. The number of piperidine rings is 1. The fourth-order valence-corrected chi connectivity index (χ4v) is 8.78. The van der Waals surface area contributed by atoms with E-state index in [2.05, 4.69) is 14.9 Å². The largest absolute Gasteiger partial charge is 0.504 e. The molecule has 0 aromatic heterocycles. The number of halogens is 1. The number of benzene rings is 2. The van der Waals surface area contributed by atoms with Crippen LogP contribution in [0.1, 0.15) is 50.7 Å². The van der Waals surface area contributed by atoms with Gasteiger partial charge in [0.05, 0.1) is 27.5 Å². The molecule has 2 heterocycles. The van der Waals surface area contributed by atoms with Gasteiger partial charge in [-0.05, 0) is 94.3 Å². The third-order valence-corrected chi connectivity index (χ3v) is 11.0. The van der Waals surface area contributed by atoms with E-state index in [0.717, 1.165) is 49.2 Å². The van der Waals surface area contributed by atoms with E-state index in [9.17, 15) is 27.8 Å². The number of sulfonamides is 1. The Balaban J connectivity index is 1.44. The molecule has 218 valence electrons. The first-order chi connectivity index (χ1) is 19.4. The van der Waals surface area contributed by atoms with Crippen molar-refractivity contribution in [1.82, 2.24) is 14.9 Å². The van der Waals surface area contributed by atoms with Crippen LogP contribution in [0.3, 0.4) is 0 Å². The van der Waals surface area contributed by atoms with Gasteiger partial charge in [-0.15, -0.1) is 0 Å². The van der Waals surface area contributed by atoms with Gasteiger partial charge in [-0.1, -0.05) is 6.07 Å². The van der Waals surface area contributed by atoms with E-state index in [0.29, 0.717) is 30.9 Å². The molecule has 5 aliphatic rings. The van der Waals surface area contributed by atoms with Gasteiger partial charge in [-0.25, -0.2) is 12.8 Å². The molecular weight excluding hydrogens is 549 g/mol. The Kier molecular flexibility index (Phi) is 5.82. The molecule has 4 N–H and O–H groups in total. The molecule has 2 aromatic carbocycles. The van der Waals surface area contributed by atoms with Crippen molar-refractivity contribution in [1.29, 1.82) is 0 Å². The summed E-state index contributed by atoms with van der Waals surface area (Å²) in [5, 5.41) is 26.7. The van der Waals surface area contributed by atoms with E-state index >= 15 is 0 Å². The molecule has 7 rings (SSSR count). The molecule has 3 aliphatic carbocycles. The Morgan fingerprint density at radius 2 is 1.93 bits per heavy atom. The summed E-state index contributed by atoms with van der Waals surface area (Å²) in [6, 6.07) is 7.30. The highest BCUT2D eigenvalue weighted by Crippen LogP contribution is 2.67. The lowest BCUT2D eigenvalue weighted by atomic mass is 9.49. The summed E-state index contributed by atoms with van der Waals surface area (Å²) in [5.41, 5.74) is -0.942. The average Bonchev–Trinajstić information content (AvgIpc) is 3.65. The molecule has 0 radical (unpaired) electrons. The Labute approximate surface area is 238 Å². The summed E-state index contributed by atoms with van der Waals surface area (Å²) in [7, 11) is -4.28. The van der Waals surface area contributed by atoms with Crippen molar-refractivity contribution in [2.75, 3.05) is 13.1 Å². The molecule has 2 aromatic rings. The number of carbonyl (C=O) groups excluding carboxylic acids is 1. The lowest BCUT2D eigenvalue weighted by molar-refractivity contribution is -0.160. The summed E-state index contributed by atoms with van der Waals surface area (Å²) in [5.74, 6) is -1.25. The van der Waals surface area contributed by atoms with Crippen LogP contribution in [-0.2, 0) is 26.7 Å². The number of carbonyl (C=O) groups is 1. The van der Waals surface area contributed by atoms with Gasteiger partial charge < -0.3 is 20.3 Å². The summed E-state index contributed by atoms with van der Waals surface area (Å²) in [6.45, 7) is 5.14. The van der Waals surface area contributed by atoms with Crippen molar-refractivity contribution >= 4 is 15.9 Å². The molecule has 4 atom stereocenters. The number of ether oxygens (including phenoxy) is 1. The molecule has 2 fully saturated rings. The summed E-state index contributed by atoms with van der Waals surface area (Å²) < 4.78 is 49.9. The molecule has 1 saturated carbocycles. The zero-order valence-electron chi connectivity index (χ0n) is 23.0. The molecule has 1 saturated heterocycles. The van der Waals surface area contributed by atoms with Crippen molar-refractivity contribution in [3.8, 4) is 11.5 Å². The minimum absolute atomic E-state index is 0.0277. The lowest BCUT2D eigenvalue weighted by Crippen LogP contribution is -2.74. The third-order valence-electron chi connectivity index (χ3n) is 9.57. The monoisotopic (exact) mass is 583 g/mol. The number of rotatable bonds is 7. The van der Waals surface area contributed by atoms with Crippen LogP contribution in [0.4, 0.5) is 4.39 Å². The fraction of sp³-hybridized carbons (Fsp3) is 0.500. The number of aliphatic hydroxyl groups is 1. The highest BCUT2D eigenvalue weighted by molar-refractivity contribution is 7.89. The van der Waals surface area contributed by atoms with Gasteiger partial charge in [0.15, 0.2) is 11.5 Å². The molecule has 1 unspecified atom stereocenters. The molecule has 1 amide bonds. The van der Waals surface area contributed by atoms with Crippen molar-refractivity contribution in [3.05, 3.63) is 64.8 Å². The van der Waals surface area contributed by atoms with Gasteiger partial charge in [0.1, 0.15) is 11.6 Å². The predicted octanol–water partition coefficient (Wildman–Crippen LogP) is 2.67. The number of hydrogen-bond donors (Lipinski definition) is 4. The normalized spacial score (nSPS) is 30.2. The number of nitrogens with one attached hydrogen (secondary N) is 2. The molecule has 9 nitrogen and oxygen atoms in total. The number of nitrogens with zero attached hydrogens (tertiary/aromatic N) is 1. The van der Waals surface area contributed by atoms with Gasteiger partial charge in [-0.2, -0.15) is 0 Å². The Hall–Kier alpha value is -3.15. The second kappa shape index (κ2) is 8.92. The number of phenols is 1. The Bertz CT molecular complexity index is 1590. The van der Waals surface area contributed by atoms with Crippen LogP contribution in [-0.4, -0.2) is 60.2 Å². The van der Waals surface area contributed by atoms with Gasteiger partial charge in [0, 0.05) is 24.2 Å². The minimum atomic E-state index is -4.28. The van der Waals surface area contributed by atoms with Crippen LogP contribution >= 0.6 is 0 Å². The maximum absolute atomic E-state index is 13.8. The van der Waals surface area contributed by atoms with Gasteiger partial charge in [0.25, 0.3) is 10.0 Å². The highest BCUT2D eigenvalue weighted by atomic mass is 32.2. The molecule has 41 heavy (non-hydrogen) atoms. The summed E-state index contributed by atoms with van der Waals surface area (Å²) in [6.07, 6.45) is 3.25. The van der Waals surface area contributed by atoms with E-state index in [1.807, 2.05) is 19.9 Å². The topological polar surface area (TPSA) is 128 Å². The first-order valence-electron chi connectivity index (χ1n) is 14.3. The Morgan fingerprint density at radius 3 is 2.61 bits per heavy atom. The van der Waals surface area contributed by atoms with Crippen molar-refractivity contribution in [2.24, 2.45) is 11.8 Å². The molecule has 1 spiro atoms. The zero-order chi connectivity index (χ0) is 28.9. The third kappa shape index (κ3) is 3.85. The van der Waals surface area contributed by atoms with Crippen LogP contribution in [0, 0.1) is 17.7 Å². The number of likely N-dealkylation sites (tertiary alicyclic amines) is 1. The summed E-state index contributed by atoms with van der Waals surface area (Å²) >= 11 is 0. The van der Waals surface area contributed by atoms with Crippen LogP contribution in [0.5, 0.6) is 11.5 Å². The maximum atomic E-state index is 13.8. The lowest BCUT2D eigenvalue weighted by Gasteiger charge is -2.62. The first kappa shape index (κ1) is 26.7. The van der Waals surface area contributed by atoms with E-state index in [1.165, 1.54) is 0 Å². The Morgan fingerprint density at radius 1 is 1.20 bits per heavy atom. The van der Waals surface area contributed by atoms with E-state index in [4.69, 9.17) is 4.74 Å². The smallest absolute Gasteiger partial charge is 0.261 e. The number of phenolic OH excluding ortho intramolecular Hbond substituents is 1. The second-order valence-electron chi connectivity index (χ2n) is 12.5. The zero-order valence-corrected chi connectivity index (χ0v) is 23.8. The molecule has 2 bridgehead atoms. The fourth-order valence-electron chi connectivity index (χ4n) is 7.65.